The van der Waals surface area contributed by atoms with Crippen molar-refractivity contribution in [2.75, 3.05) is 19.6 Å². The van der Waals surface area contributed by atoms with Gasteiger partial charge in [0, 0.05) is 42.9 Å². The minimum atomic E-state index is -0.350. The van der Waals surface area contributed by atoms with Crippen LogP contribution in [0, 0.1) is 5.92 Å². The van der Waals surface area contributed by atoms with E-state index >= 15 is 0 Å². The Morgan fingerprint density at radius 2 is 1.87 bits per heavy atom. The van der Waals surface area contributed by atoms with Crippen LogP contribution in [0.3, 0.4) is 0 Å². The number of piperidine rings is 1. The minimum absolute atomic E-state index is 0.122. The van der Waals surface area contributed by atoms with Gasteiger partial charge in [-0.15, -0.1) is 0 Å². The van der Waals surface area contributed by atoms with Crippen LogP contribution in [0.25, 0.3) is 0 Å². The van der Waals surface area contributed by atoms with E-state index in [-0.39, 0.29) is 23.5 Å². The van der Waals surface area contributed by atoms with Crippen molar-refractivity contribution in [3.05, 3.63) is 54.5 Å². The second-order valence-electron chi connectivity index (χ2n) is 7.28. The fraction of sp³-hybridized carbons (Fsp3) is 0.450. The van der Waals surface area contributed by atoms with Crippen LogP contribution < -0.4 is 10.2 Å². The van der Waals surface area contributed by atoms with Crippen LogP contribution in [0.2, 0.25) is 10.0 Å². The summed E-state index contributed by atoms with van der Waals surface area (Å²) in [4.78, 5) is 37.8. The molecule has 30 heavy (non-hydrogen) atoms. The van der Waals surface area contributed by atoms with Crippen molar-refractivity contribution in [3.63, 3.8) is 0 Å². The van der Waals surface area contributed by atoms with Crippen molar-refractivity contribution in [3.8, 4) is 0 Å². The zero-order valence-electron chi connectivity index (χ0n) is 16.5. The monoisotopic (exact) mass is 471 g/mol. The van der Waals surface area contributed by atoms with Crippen LogP contribution in [0.5, 0.6) is 0 Å². The number of thiazole rings is 1. The first-order chi connectivity index (χ1) is 14.3. The van der Waals surface area contributed by atoms with Gasteiger partial charge in [-0.25, -0.2) is 4.79 Å². The highest BCUT2D eigenvalue weighted by Crippen LogP contribution is 2.22. The number of nitrogens with one attached hydrogen (secondary N) is 1. The Kier molecular flexibility index (Phi) is 7.80. The third kappa shape index (κ3) is 6.23. The molecular formula is C20H23Cl2N3O4S. The number of hydrogen-bond acceptors (Lipinski definition) is 5. The van der Waals surface area contributed by atoms with Gasteiger partial charge in [0.15, 0.2) is 0 Å². The number of aryl methyl sites for hydroxylation is 1. The van der Waals surface area contributed by atoms with Gasteiger partial charge in [0.05, 0.1) is 0 Å². The molecular weight excluding hydrogens is 449 g/mol. The lowest BCUT2D eigenvalue weighted by molar-refractivity contribution is 0.0813. The van der Waals surface area contributed by atoms with E-state index in [0.717, 1.165) is 36.2 Å². The van der Waals surface area contributed by atoms with Gasteiger partial charge in [-0.3, -0.25) is 9.59 Å². The molecule has 1 aromatic carbocycles. The molecule has 3 rings (SSSR count). The van der Waals surface area contributed by atoms with Crippen LogP contribution >= 0.6 is 34.5 Å². The molecule has 1 aliphatic heterocycles. The van der Waals surface area contributed by atoms with E-state index < -0.39 is 0 Å². The highest BCUT2D eigenvalue weighted by atomic mass is 35.5. The molecule has 1 aromatic heterocycles. The molecule has 2 amide bonds. The molecule has 0 bridgehead atoms. The zero-order chi connectivity index (χ0) is 21.7. The van der Waals surface area contributed by atoms with Gasteiger partial charge in [0.1, 0.15) is 11.5 Å². The zero-order valence-corrected chi connectivity index (χ0v) is 18.9. The second-order valence-corrected chi connectivity index (χ2v) is 9.15. The molecule has 162 valence electrons. The maximum absolute atomic E-state index is 12.3. The smallest absolute Gasteiger partial charge is 0.410 e. The van der Waals surface area contributed by atoms with Gasteiger partial charge in [0.25, 0.3) is 5.91 Å². The quantitative estimate of drug-likeness (QED) is 0.691. The molecule has 2 aromatic rings. The van der Waals surface area contributed by atoms with Gasteiger partial charge in [-0.1, -0.05) is 34.5 Å². The Morgan fingerprint density at radius 1 is 1.20 bits per heavy atom. The fourth-order valence-corrected chi connectivity index (χ4v) is 4.67. The summed E-state index contributed by atoms with van der Waals surface area (Å²) in [7, 11) is 1.62. The molecule has 0 saturated carbocycles. The molecule has 1 aliphatic rings. The van der Waals surface area contributed by atoms with Crippen LogP contribution in [0.15, 0.2) is 29.2 Å². The molecule has 2 heterocycles. The Labute approximate surface area is 188 Å². The Hall–Kier alpha value is -2.03. The van der Waals surface area contributed by atoms with Crippen LogP contribution in [0.1, 0.15) is 34.5 Å². The Morgan fingerprint density at radius 3 is 2.47 bits per heavy atom. The molecule has 1 saturated heterocycles. The summed E-state index contributed by atoms with van der Waals surface area (Å²) in [6.45, 7) is 1.90. The second kappa shape index (κ2) is 10.3. The topological polar surface area (TPSA) is 80.6 Å². The molecule has 1 fully saturated rings. The summed E-state index contributed by atoms with van der Waals surface area (Å²) in [5.41, 5.74) is 0.745. The van der Waals surface area contributed by atoms with Crippen molar-refractivity contribution in [1.82, 2.24) is 14.8 Å². The molecule has 10 heteroatoms. The molecule has 0 spiro atoms. The summed E-state index contributed by atoms with van der Waals surface area (Å²) >= 11 is 12.9. The third-order valence-electron chi connectivity index (χ3n) is 5.02. The molecule has 1 N–H and O–H groups in total. The normalized spacial score (nSPS) is 14.6. The summed E-state index contributed by atoms with van der Waals surface area (Å²) in [6.07, 6.45) is 3.73. The van der Waals surface area contributed by atoms with Crippen molar-refractivity contribution in [2.45, 2.75) is 25.9 Å². The molecule has 0 unspecified atom stereocenters. The number of rotatable bonds is 6. The first kappa shape index (κ1) is 22.7. The van der Waals surface area contributed by atoms with Gasteiger partial charge in [-0.2, -0.15) is 0 Å². The van der Waals surface area contributed by atoms with Gasteiger partial charge < -0.3 is 19.5 Å². The SMILES string of the molecule is Cn1cc(C(=O)NCCC2CCN(C(=O)OCc3cc(Cl)cc(Cl)c3)CC2)sc1=O. The lowest BCUT2D eigenvalue weighted by atomic mass is 9.94. The molecule has 7 nitrogen and oxygen atoms in total. The number of hydrogen-bond donors (Lipinski definition) is 1. The fourth-order valence-electron chi connectivity index (χ4n) is 3.34. The lowest BCUT2D eigenvalue weighted by Crippen LogP contribution is -2.39. The molecule has 0 aliphatic carbocycles. The van der Waals surface area contributed by atoms with Crippen molar-refractivity contribution in [2.24, 2.45) is 13.0 Å². The number of amides is 2. The van der Waals surface area contributed by atoms with E-state index in [2.05, 4.69) is 5.32 Å². The predicted molar refractivity (Wildman–Crippen MR) is 117 cm³/mol. The lowest BCUT2D eigenvalue weighted by Gasteiger charge is -2.31. The van der Waals surface area contributed by atoms with E-state index in [0.29, 0.717) is 40.5 Å². The van der Waals surface area contributed by atoms with Crippen molar-refractivity contribution in [1.29, 1.82) is 0 Å². The maximum atomic E-state index is 12.3. The number of halogens is 2. The van der Waals surface area contributed by atoms with E-state index in [1.54, 1.807) is 36.3 Å². The average Bonchev–Trinajstić information content (AvgIpc) is 3.04. The standard InChI is InChI=1S/C20H23Cl2N3O4S/c1-24-11-17(30-20(24)28)18(26)23-5-2-13-3-6-25(7-4-13)19(27)29-12-14-8-15(21)10-16(22)9-14/h8-11,13H,2-7,12H2,1H3,(H,23,26). The molecule has 0 atom stereocenters. The van der Waals surface area contributed by atoms with Crippen LogP contribution in [0.4, 0.5) is 4.79 Å². The largest absolute Gasteiger partial charge is 0.445 e. The number of carbonyl (C=O) groups is 2. The number of aromatic nitrogens is 1. The highest BCUT2D eigenvalue weighted by molar-refractivity contribution is 7.11. The number of ether oxygens (including phenoxy) is 1. The van der Waals surface area contributed by atoms with E-state index in [1.165, 1.54) is 4.57 Å². The first-order valence-corrected chi connectivity index (χ1v) is 11.2. The minimum Gasteiger partial charge on any atom is -0.445 e. The number of benzene rings is 1. The summed E-state index contributed by atoms with van der Waals surface area (Å²) < 4.78 is 6.77. The van der Waals surface area contributed by atoms with Crippen molar-refractivity contribution >= 4 is 46.5 Å². The maximum Gasteiger partial charge on any atom is 0.410 e. The Bertz CT molecular complexity index is 947. The Balaban J connectivity index is 1.36. The summed E-state index contributed by atoms with van der Waals surface area (Å²) in [5.74, 6) is 0.204. The van der Waals surface area contributed by atoms with Crippen LogP contribution in [-0.4, -0.2) is 41.1 Å². The number of nitrogens with zero attached hydrogens (tertiary/aromatic N) is 2. The van der Waals surface area contributed by atoms with Gasteiger partial charge in [-0.05, 0) is 48.9 Å². The average molecular weight is 472 g/mol. The third-order valence-corrected chi connectivity index (χ3v) is 6.43. The highest BCUT2D eigenvalue weighted by Gasteiger charge is 2.24. The predicted octanol–water partition coefficient (Wildman–Crippen LogP) is 3.92. The first-order valence-electron chi connectivity index (χ1n) is 9.63. The van der Waals surface area contributed by atoms with Crippen LogP contribution in [-0.2, 0) is 18.4 Å². The van der Waals surface area contributed by atoms with Gasteiger partial charge >= 0.3 is 11.0 Å². The van der Waals surface area contributed by atoms with Crippen molar-refractivity contribution < 1.29 is 14.3 Å². The molecule has 0 radical (unpaired) electrons. The van der Waals surface area contributed by atoms with Gasteiger partial charge in [0.2, 0.25) is 0 Å². The summed E-state index contributed by atoms with van der Waals surface area (Å²) in [5, 5.41) is 3.87. The van der Waals surface area contributed by atoms with E-state index in [4.69, 9.17) is 27.9 Å². The van der Waals surface area contributed by atoms with E-state index in [9.17, 15) is 14.4 Å². The van der Waals surface area contributed by atoms with E-state index in [1.807, 2.05) is 0 Å². The number of carbonyl (C=O) groups excluding carboxylic acids is 2. The summed E-state index contributed by atoms with van der Waals surface area (Å²) in [6, 6.07) is 5.06. The number of likely N-dealkylation sites (tertiary alicyclic amines) is 1.